The summed E-state index contributed by atoms with van der Waals surface area (Å²) in [6.45, 7) is 3.72. The fourth-order valence-electron chi connectivity index (χ4n) is 2.23. The number of hydrogen-bond donors (Lipinski definition) is 1. The monoisotopic (exact) mass is 291 g/mol. The van der Waals surface area contributed by atoms with Gasteiger partial charge in [0, 0.05) is 13.6 Å². The van der Waals surface area contributed by atoms with Gasteiger partial charge in [0.2, 0.25) is 0 Å². The molecule has 0 saturated carbocycles. The predicted molar refractivity (Wildman–Crippen MR) is 77.0 cm³/mol. The highest BCUT2D eigenvalue weighted by Crippen LogP contribution is 2.19. The van der Waals surface area contributed by atoms with Gasteiger partial charge in [-0.2, -0.15) is 5.10 Å². The zero-order chi connectivity index (χ0) is 15.6. The number of hydrogen-bond acceptors (Lipinski definition) is 3. The molecule has 0 bridgehead atoms. The minimum Gasteiger partial charge on any atom is -0.395 e. The van der Waals surface area contributed by atoms with Gasteiger partial charge < -0.3 is 10.0 Å². The van der Waals surface area contributed by atoms with Crippen LogP contribution >= 0.6 is 0 Å². The van der Waals surface area contributed by atoms with E-state index in [1.165, 1.54) is 17.0 Å². The zero-order valence-corrected chi connectivity index (χ0v) is 12.3. The van der Waals surface area contributed by atoms with Crippen LogP contribution in [-0.2, 0) is 0 Å². The molecule has 6 heteroatoms. The molecule has 2 aromatic rings. The number of amides is 1. The van der Waals surface area contributed by atoms with Gasteiger partial charge in [0.1, 0.15) is 5.82 Å². The topological polar surface area (TPSA) is 58.4 Å². The molecule has 0 radical (unpaired) electrons. The maximum absolute atomic E-state index is 13.0. The lowest BCUT2D eigenvalue weighted by atomic mass is 10.1. The third-order valence-electron chi connectivity index (χ3n) is 3.36. The van der Waals surface area contributed by atoms with Crippen LogP contribution in [-0.4, -0.2) is 45.9 Å². The number of likely N-dealkylation sites (N-methyl/N-ethyl adjacent to an activating group) is 1. The Hall–Kier alpha value is -2.21. The van der Waals surface area contributed by atoms with Crippen LogP contribution in [0.15, 0.2) is 24.3 Å². The minimum absolute atomic E-state index is 0.0908. The number of carbonyl (C=O) groups excluding carboxylic acids is 1. The molecular formula is C15H18FN3O2. The molecule has 0 spiro atoms. The van der Waals surface area contributed by atoms with E-state index in [0.29, 0.717) is 22.6 Å². The summed E-state index contributed by atoms with van der Waals surface area (Å²) in [6, 6.07) is 5.93. The van der Waals surface area contributed by atoms with Gasteiger partial charge in [0.25, 0.3) is 5.91 Å². The summed E-state index contributed by atoms with van der Waals surface area (Å²) in [6.07, 6.45) is 0. The molecule has 1 aromatic heterocycles. The van der Waals surface area contributed by atoms with Crippen molar-refractivity contribution in [2.45, 2.75) is 13.8 Å². The van der Waals surface area contributed by atoms with Gasteiger partial charge in [-0.15, -0.1) is 0 Å². The first kappa shape index (κ1) is 15.2. The molecule has 5 nitrogen and oxygen atoms in total. The highest BCUT2D eigenvalue weighted by atomic mass is 19.1. The standard InChI is InChI=1S/C15H18FN3O2/c1-10-14(15(21)18(3)8-9-20)11(2)19(17-10)13-6-4-12(16)5-7-13/h4-7,20H,8-9H2,1-3H3. The van der Waals surface area contributed by atoms with Crippen LogP contribution in [0.4, 0.5) is 4.39 Å². The third kappa shape index (κ3) is 2.95. The van der Waals surface area contributed by atoms with E-state index < -0.39 is 0 Å². The number of aryl methyl sites for hydroxylation is 1. The molecule has 0 fully saturated rings. The summed E-state index contributed by atoms with van der Waals surface area (Å²) in [5.41, 5.74) is 2.50. The van der Waals surface area contributed by atoms with E-state index in [0.717, 1.165) is 0 Å². The first-order chi connectivity index (χ1) is 9.95. The summed E-state index contributed by atoms with van der Waals surface area (Å²) in [5, 5.41) is 13.3. The van der Waals surface area contributed by atoms with Crippen LogP contribution in [0.25, 0.3) is 5.69 Å². The van der Waals surface area contributed by atoms with E-state index in [2.05, 4.69) is 5.10 Å². The number of aliphatic hydroxyl groups excluding tert-OH is 1. The maximum atomic E-state index is 13.0. The molecule has 2 rings (SSSR count). The highest BCUT2D eigenvalue weighted by Gasteiger charge is 2.22. The molecule has 0 aliphatic rings. The molecule has 0 aliphatic heterocycles. The Kier molecular flexibility index (Phi) is 4.37. The Morgan fingerprint density at radius 3 is 2.52 bits per heavy atom. The fraction of sp³-hybridized carbons (Fsp3) is 0.333. The molecule has 0 unspecified atom stereocenters. The average molecular weight is 291 g/mol. The summed E-state index contributed by atoms with van der Waals surface area (Å²) < 4.78 is 14.6. The number of nitrogens with zero attached hydrogens (tertiary/aromatic N) is 3. The van der Waals surface area contributed by atoms with Crippen molar-refractivity contribution in [3.8, 4) is 5.69 Å². The molecule has 1 aromatic carbocycles. The Morgan fingerprint density at radius 2 is 1.95 bits per heavy atom. The molecule has 1 N–H and O–H groups in total. The molecule has 0 aliphatic carbocycles. The quantitative estimate of drug-likeness (QED) is 0.932. The molecule has 0 atom stereocenters. The maximum Gasteiger partial charge on any atom is 0.257 e. The number of carbonyl (C=O) groups is 1. The summed E-state index contributed by atoms with van der Waals surface area (Å²) in [7, 11) is 1.63. The van der Waals surface area contributed by atoms with Gasteiger partial charge in [-0.05, 0) is 38.1 Å². The Bertz CT molecular complexity index is 650. The number of halogens is 1. The summed E-state index contributed by atoms with van der Waals surface area (Å²) in [4.78, 5) is 13.8. The number of aliphatic hydroxyl groups is 1. The molecule has 112 valence electrons. The average Bonchev–Trinajstić information content (AvgIpc) is 2.74. The molecular weight excluding hydrogens is 273 g/mol. The van der Waals surface area contributed by atoms with Crippen molar-refractivity contribution in [1.29, 1.82) is 0 Å². The minimum atomic E-state index is -0.320. The molecule has 21 heavy (non-hydrogen) atoms. The van der Waals surface area contributed by atoms with Crippen molar-refractivity contribution in [3.63, 3.8) is 0 Å². The van der Waals surface area contributed by atoms with E-state index in [4.69, 9.17) is 5.11 Å². The van der Waals surface area contributed by atoms with Crippen LogP contribution in [0.2, 0.25) is 0 Å². The van der Waals surface area contributed by atoms with Crippen LogP contribution in [0.1, 0.15) is 21.7 Å². The summed E-state index contributed by atoms with van der Waals surface area (Å²) >= 11 is 0. The summed E-state index contributed by atoms with van der Waals surface area (Å²) in [5.74, 6) is -0.508. The molecule has 0 saturated heterocycles. The Balaban J connectivity index is 2.42. The van der Waals surface area contributed by atoms with Gasteiger partial charge in [0.05, 0.1) is 29.2 Å². The van der Waals surface area contributed by atoms with Crippen LogP contribution in [0.5, 0.6) is 0 Å². The lowest BCUT2D eigenvalue weighted by Gasteiger charge is -2.15. The third-order valence-corrected chi connectivity index (χ3v) is 3.36. The van der Waals surface area contributed by atoms with E-state index in [-0.39, 0.29) is 24.9 Å². The lowest BCUT2D eigenvalue weighted by molar-refractivity contribution is 0.0765. The van der Waals surface area contributed by atoms with Gasteiger partial charge in [-0.1, -0.05) is 0 Å². The molecule has 1 amide bonds. The van der Waals surface area contributed by atoms with Crippen LogP contribution in [0, 0.1) is 19.7 Å². The van der Waals surface area contributed by atoms with E-state index in [9.17, 15) is 9.18 Å². The Labute approximate surface area is 122 Å². The number of aromatic nitrogens is 2. The number of benzene rings is 1. The SMILES string of the molecule is Cc1nn(-c2ccc(F)cc2)c(C)c1C(=O)N(C)CCO. The van der Waals surface area contributed by atoms with Crippen LogP contribution in [0.3, 0.4) is 0 Å². The van der Waals surface area contributed by atoms with Gasteiger partial charge in [-0.25, -0.2) is 9.07 Å². The van der Waals surface area contributed by atoms with E-state index >= 15 is 0 Å². The predicted octanol–water partition coefficient (Wildman–Crippen LogP) is 1.69. The second-order valence-corrected chi connectivity index (χ2v) is 4.88. The highest BCUT2D eigenvalue weighted by molar-refractivity contribution is 5.96. The van der Waals surface area contributed by atoms with Gasteiger partial charge in [0.15, 0.2) is 0 Å². The fourth-order valence-corrected chi connectivity index (χ4v) is 2.23. The normalized spacial score (nSPS) is 10.7. The van der Waals surface area contributed by atoms with Crippen molar-refractivity contribution in [2.75, 3.05) is 20.2 Å². The largest absolute Gasteiger partial charge is 0.395 e. The lowest BCUT2D eigenvalue weighted by Crippen LogP contribution is -2.30. The van der Waals surface area contributed by atoms with Crippen molar-refractivity contribution in [1.82, 2.24) is 14.7 Å². The van der Waals surface area contributed by atoms with Crippen LogP contribution < -0.4 is 0 Å². The first-order valence-electron chi connectivity index (χ1n) is 6.64. The van der Waals surface area contributed by atoms with E-state index in [1.54, 1.807) is 37.7 Å². The number of rotatable bonds is 4. The van der Waals surface area contributed by atoms with Crippen molar-refractivity contribution in [2.24, 2.45) is 0 Å². The van der Waals surface area contributed by atoms with E-state index in [1.807, 2.05) is 0 Å². The van der Waals surface area contributed by atoms with Gasteiger partial charge in [-0.3, -0.25) is 4.79 Å². The second-order valence-electron chi connectivity index (χ2n) is 4.88. The van der Waals surface area contributed by atoms with Crippen molar-refractivity contribution >= 4 is 5.91 Å². The first-order valence-corrected chi connectivity index (χ1v) is 6.64. The molecule has 1 heterocycles. The Morgan fingerprint density at radius 1 is 1.33 bits per heavy atom. The van der Waals surface area contributed by atoms with Crippen molar-refractivity contribution < 1.29 is 14.3 Å². The van der Waals surface area contributed by atoms with Gasteiger partial charge >= 0.3 is 0 Å². The smallest absolute Gasteiger partial charge is 0.257 e. The van der Waals surface area contributed by atoms with Crippen molar-refractivity contribution in [3.05, 3.63) is 47.0 Å². The zero-order valence-electron chi connectivity index (χ0n) is 12.3. The second kappa shape index (κ2) is 6.05.